The van der Waals surface area contributed by atoms with E-state index in [2.05, 4.69) is 39.9 Å². The predicted molar refractivity (Wildman–Crippen MR) is 45.1 cm³/mol. The molecule has 0 aromatic carbocycles. The van der Waals surface area contributed by atoms with Gasteiger partial charge < -0.3 is 5.32 Å². The Labute approximate surface area is 64.2 Å². The van der Waals surface area contributed by atoms with Gasteiger partial charge in [0.15, 0.2) is 0 Å². The summed E-state index contributed by atoms with van der Waals surface area (Å²) in [7, 11) is 0. The van der Waals surface area contributed by atoms with Gasteiger partial charge in [0, 0.05) is 11.6 Å². The zero-order valence-electron chi connectivity index (χ0n) is 7.78. The van der Waals surface area contributed by atoms with E-state index in [-0.39, 0.29) is 0 Å². The Morgan fingerprint density at radius 1 is 1.20 bits per heavy atom. The van der Waals surface area contributed by atoms with E-state index in [1.165, 1.54) is 6.42 Å². The molecule has 1 N–H and O–H groups in total. The van der Waals surface area contributed by atoms with Gasteiger partial charge >= 0.3 is 0 Å². The van der Waals surface area contributed by atoms with Crippen LogP contribution >= 0.6 is 0 Å². The first-order valence-electron chi connectivity index (χ1n) is 4.13. The molecule has 1 aliphatic heterocycles. The minimum Gasteiger partial charge on any atom is -0.309 e. The maximum absolute atomic E-state index is 3.58. The van der Waals surface area contributed by atoms with Gasteiger partial charge in [0.05, 0.1) is 0 Å². The fourth-order valence-corrected chi connectivity index (χ4v) is 1.88. The van der Waals surface area contributed by atoms with E-state index in [0.29, 0.717) is 17.0 Å². The van der Waals surface area contributed by atoms with Crippen LogP contribution in [0.1, 0.15) is 41.0 Å². The average molecular weight is 141 g/mol. The van der Waals surface area contributed by atoms with E-state index in [4.69, 9.17) is 0 Å². The zero-order valence-corrected chi connectivity index (χ0v) is 7.78. The Morgan fingerprint density at radius 2 is 1.70 bits per heavy atom. The second-order valence-corrected chi connectivity index (χ2v) is 4.76. The quantitative estimate of drug-likeness (QED) is 0.545. The van der Waals surface area contributed by atoms with Gasteiger partial charge in [-0.05, 0) is 32.6 Å². The molecule has 1 saturated heterocycles. The highest BCUT2D eigenvalue weighted by molar-refractivity contribution is 5.02. The molecule has 0 aliphatic carbocycles. The molecule has 1 unspecified atom stereocenters. The second-order valence-electron chi connectivity index (χ2n) is 4.76. The maximum Gasteiger partial charge on any atom is 0.0179 e. The molecule has 0 aromatic heterocycles. The molecule has 0 bridgehead atoms. The van der Waals surface area contributed by atoms with Crippen molar-refractivity contribution in [1.29, 1.82) is 0 Å². The number of hydrogen-bond acceptors (Lipinski definition) is 1. The van der Waals surface area contributed by atoms with Crippen LogP contribution < -0.4 is 5.32 Å². The molecule has 0 aromatic rings. The number of hydrogen-bond donors (Lipinski definition) is 1. The van der Waals surface area contributed by atoms with Crippen LogP contribution in [0.5, 0.6) is 0 Å². The van der Waals surface area contributed by atoms with Crippen LogP contribution in [0, 0.1) is 5.41 Å². The zero-order chi connectivity index (χ0) is 7.99. The van der Waals surface area contributed by atoms with Gasteiger partial charge in [0.25, 0.3) is 0 Å². The van der Waals surface area contributed by atoms with Crippen LogP contribution in [0.2, 0.25) is 0 Å². The Hall–Kier alpha value is -0.0400. The highest BCUT2D eigenvalue weighted by Gasteiger charge is 2.44. The summed E-state index contributed by atoms with van der Waals surface area (Å²) >= 11 is 0. The summed E-state index contributed by atoms with van der Waals surface area (Å²) in [5.74, 6) is 0. The molecule has 1 aliphatic rings. The lowest BCUT2D eigenvalue weighted by Crippen LogP contribution is -2.44. The van der Waals surface area contributed by atoms with Crippen molar-refractivity contribution >= 4 is 0 Å². The monoisotopic (exact) mass is 141 g/mol. The van der Waals surface area contributed by atoms with E-state index in [9.17, 15) is 0 Å². The molecular formula is C9H19N. The normalized spacial score (nSPS) is 36.3. The predicted octanol–water partition coefficient (Wildman–Crippen LogP) is 2.17. The van der Waals surface area contributed by atoms with Gasteiger partial charge in [0.2, 0.25) is 0 Å². The van der Waals surface area contributed by atoms with Crippen molar-refractivity contribution in [3.63, 3.8) is 0 Å². The molecule has 0 amide bonds. The molecule has 10 heavy (non-hydrogen) atoms. The topological polar surface area (TPSA) is 12.0 Å². The standard InChI is InChI=1S/C9H19N/c1-7-6-8(2,3)9(4,5)10-7/h7,10H,6H2,1-5H3. The molecule has 1 nitrogen and oxygen atoms in total. The Kier molecular flexibility index (Phi) is 1.59. The largest absolute Gasteiger partial charge is 0.309 e. The third kappa shape index (κ3) is 1.07. The van der Waals surface area contributed by atoms with Gasteiger partial charge in [-0.25, -0.2) is 0 Å². The highest BCUT2D eigenvalue weighted by atomic mass is 15.0. The molecule has 1 heteroatoms. The molecule has 0 radical (unpaired) electrons. The third-order valence-corrected chi connectivity index (χ3v) is 3.12. The summed E-state index contributed by atoms with van der Waals surface area (Å²) in [6.07, 6.45) is 1.29. The number of rotatable bonds is 0. The highest BCUT2D eigenvalue weighted by Crippen LogP contribution is 2.40. The first-order valence-corrected chi connectivity index (χ1v) is 4.13. The van der Waals surface area contributed by atoms with Crippen LogP contribution in [-0.4, -0.2) is 11.6 Å². The Morgan fingerprint density at radius 3 is 1.80 bits per heavy atom. The van der Waals surface area contributed by atoms with Gasteiger partial charge in [-0.1, -0.05) is 13.8 Å². The van der Waals surface area contributed by atoms with E-state index < -0.39 is 0 Å². The van der Waals surface area contributed by atoms with Crippen molar-refractivity contribution < 1.29 is 0 Å². The molecule has 1 rings (SSSR count). The van der Waals surface area contributed by atoms with E-state index in [1.54, 1.807) is 0 Å². The summed E-state index contributed by atoms with van der Waals surface area (Å²) in [5.41, 5.74) is 0.763. The molecule has 1 heterocycles. The minimum absolute atomic E-state index is 0.312. The first-order chi connectivity index (χ1) is 4.35. The molecule has 0 saturated carbocycles. The SMILES string of the molecule is CC1CC(C)(C)C(C)(C)N1. The van der Waals surface area contributed by atoms with Crippen molar-refractivity contribution in [2.75, 3.05) is 0 Å². The number of nitrogens with one attached hydrogen (secondary N) is 1. The molecule has 1 atom stereocenters. The smallest absolute Gasteiger partial charge is 0.0179 e. The van der Waals surface area contributed by atoms with Crippen LogP contribution in [0.15, 0.2) is 0 Å². The van der Waals surface area contributed by atoms with Crippen molar-refractivity contribution in [3.8, 4) is 0 Å². The Balaban J connectivity index is 2.78. The van der Waals surface area contributed by atoms with E-state index >= 15 is 0 Å². The van der Waals surface area contributed by atoms with E-state index in [0.717, 1.165) is 0 Å². The summed E-state index contributed by atoms with van der Waals surface area (Å²) in [6.45, 7) is 11.5. The lowest BCUT2D eigenvalue weighted by molar-refractivity contribution is 0.224. The lowest BCUT2D eigenvalue weighted by atomic mass is 9.75. The fourth-order valence-electron chi connectivity index (χ4n) is 1.88. The van der Waals surface area contributed by atoms with Gasteiger partial charge in [-0.15, -0.1) is 0 Å². The van der Waals surface area contributed by atoms with Crippen LogP contribution in [-0.2, 0) is 0 Å². The second kappa shape index (κ2) is 1.97. The van der Waals surface area contributed by atoms with Gasteiger partial charge in [-0.2, -0.15) is 0 Å². The Bertz CT molecular complexity index is 120. The van der Waals surface area contributed by atoms with Crippen LogP contribution in [0.3, 0.4) is 0 Å². The average Bonchev–Trinajstić information content (AvgIpc) is 1.73. The summed E-state index contributed by atoms with van der Waals surface area (Å²) in [5, 5.41) is 3.58. The summed E-state index contributed by atoms with van der Waals surface area (Å²) in [4.78, 5) is 0. The summed E-state index contributed by atoms with van der Waals surface area (Å²) in [6, 6.07) is 0.685. The molecule has 1 fully saturated rings. The van der Waals surface area contributed by atoms with Gasteiger partial charge in [-0.3, -0.25) is 0 Å². The maximum atomic E-state index is 3.58. The molecule has 60 valence electrons. The van der Waals surface area contributed by atoms with Crippen molar-refractivity contribution in [2.45, 2.75) is 52.6 Å². The van der Waals surface area contributed by atoms with Crippen LogP contribution in [0.4, 0.5) is 0 Å². The fraction of sp³-hybridized carbons (Fsp3) is 1.00. The third-order valence-electron chi connectivity index (χ3n) is 3.12. The van der Waals surface area contributed by atoms with Crippen molar-refractivity contribution in [2.24, 2.45) is 5.41 Å². The van der Waals surface area contributed by atoms with Crippen molar-refractivity contribution in [1.82, 2.24) is 5.32 Å². The van der Waals surface area contributed by atoms with Crippen LogP contribution in [0.25, 0.3) is 0 Å². The minimum atomic E-state index is 0.312. The van der Waals surface area contributed by atoms with Gasteiger partial charge in [0.1, 0.15) is 0 Å². The first kappa shape index (κ1) is 8.06. The summed E-state index contributed by atoms with van der Waals surface area (Å²) < 4.78 is 0. The lowest BCUT2D eigenvalue weighted by Gasteiger charge is -2.34. The molecular weight excluding hydrogens is 122 g/mol. The van der Waals surface area contributed by atoms with Crippen molar-refractivity contribution in [3.05, 3.63) is 0 Å². The molecule has 0 spiro atoms. The van der Waals surface area contributed by atoms with E-state index in [1.807, 2.05) is 0 Å².